The molecular formula is C13H19NO3. The van der Waals surface area contributed by atoms with Gasteiger partial charge < -0.3 is 15.2 Å². The van der Waals surface area contributed by atoms with E-state index in [1.807, 2.05) is 19.9 Å². The fourth-order valence-corrected chi connectivity index (χ4v) is 1.42. The van der Waals surface area contributed by atoms with Crippen molar-refractivity contribution in [2.45, 2.75) is 33.3 Å². The summed E-state index contributed by atoms with van der Waals surface area (Å²) < 4.78 is 10.5. The summed E-state index contributed by atoms with van der Waals surface area (Å²) in [5.74, 6) is 0.307. The Balaban J connectivity index is 2.73. The van der Waals surface area contributed by atoms with E-state index in [1.165, 1.54) is 0 Å². The minimum absolute atomic E-state index is 0.329. The molecule has 4 nitrogen and oxygen atoms in total. The second kappa shape index (κ2) is 6.13. The van der Waals surface area contributed by atoms with Crippen LogP contribution < -0.4 is 10.5 Å². The quantitative estimate of drug-likeness (QED) is 0.630. The van der Waals surface area contributed by atoms with E-state index in [2.05, 4.69) is 0 Å². The van der Waals surface area contributed by atoms with Crippen molar-refractivity contribution in [3.8, 4) is 5.75 Å². The molecule has 1 rings (SSSR count). The molecular weight excluding hydrogens is 218 g/mol. The van der Waals surface area contributed by atoms with E-state index in [-0.39, 0.29) is 5.97 Å². The number of esters is 1. The number of benzene rings is 1. The van der Waals surface area contributed by atoms with E-state index in [0.29, 0.717) is 24.5 Å². The number of hydrogen-bond acceptors (Lipinski definition) is 4. The van der Waals surface area contributed by atoms with Crippen molar-refractivity contribution in [3.05, 3.63) is 23.8 Å². The normalized spacial score (nSPS) is 11.9. The minimum Gasteiger partial charge on any atom is -0.479 e. The first kappa shape index (κ1) is 13.4. The highest BCUT2D eigenvalue weighted by Crippen LogP contribution is 2.20. The molecule has 1 aromatic rings. The first-order valence-electron chi connectivity index (χ1n) is 5.77. The Morgan fingerprint density at radius 1 is 1.41 bits per heavy atom. The zero-order valence-corrected chi connectivity index (χ0v) is 10.5. The number of anilines is 1. The molecule has 0 aliphatic carbocycles. The molecule has 0 aliphatic rings. The van der Waals surface area contributed by atoms with Crippen molar-refractivity contribution in [3.63, 3.8) is 0 Å². The van der Waals surface area contributed by atoms with Gasteiger partial charge in [-0.2, -0.15) is 0 Å². The molecule has 0 amide bonds. The molecule has 0 aliphatic heterocycles. The number of hydrogen-bond donors (Lipinski definition) is 1. The van der Waals surface area contributed by atoms with Gasteiger partial charge in [0, 0.05) is 5.69 Å². The molecule has 0 fully saturated rings. The molecule has 1 atom stereocenters. The van der Waals surface area contributed by atoms with Gasteiger partial charge in [-0.3, -0.25) is 0 Å². The van der Waals surface area contributed by atoms with Gasteiger partial charge in [0.25, 0.3) is 0 Å². The van der Waals surface area contributed by atoms with Crippen LogP contribution in [0.5, 0.6) is 5.75 Å². The molecule has 17 heavy (non-hydrogen) atoms. The molecule has 0 saturated heterocycles. The van der Waals surface area contributed by atoms with Crippen molar-refractivity contribution >= 4 is 11.7 Å². The van der Waals surface area contributed by atoms with E-state index >= 15 is 0 Å². The third kappa shape index (κ3) is 3.66. The van der Waals surface area contributed by atoms with E-state index in [1.54, 1.807) is 19.1 Å². The van der Waals surface area contributed by atoms with Gasteiger partial charge in [0.15, 0.2) is 6.10 Å². The topological polar surface area (TPSA) is 61.5 Å². The number of carbonyl (C=O) groups is 1. The second-order valence-corrected chi connectivity index (χ2v) is 3.79. The van der Waals surface area contributed by atoms with Crippen LogP contribution in [0.3, 0.4) is 0 Å². The first-order valence-corrected chi connectivity index (χ1v) is 5.77. The number of nitrogen functional groups attached to an aromatic ring is 1. The van der Waals surface area contributed by atoms with Crippen LogP contribution in [0.15, 0.2) is 18.2 Å². The summed E-state index contributed by atoms with van der Waals surface area (Å²) >= 11 is 0. The Kier molecular flexibility index (Phi) is 4.82. The van der Waals surface area contributed by atoms with Gasteiger partial charge in [-0.15, -0.1) is 0 Å². The molecule has 1 unspecified atom stereocenters. The van der Waals surface area contributed by atoms with Gasteiger partial charge in [-0.25, -0.2) is 4.79 Å². The van der Waals surface area contributed by atoms with Gasteiger partial charge in [-0.1, -0.05) is 6.92 Å². The summed E-state index contributed by atoms with van der Waals surface area (Å²) in [5.41, 5.74) is 7.35. The summed E-state index contributed by atoms with van der Waals surface area (Å²) in [5, 5.41) is 0. The van der Waals surface area contributed by atoms with Crippen LogP contribution >= 0.6 is 0 Å². The molecule has 0 heterocycles. The highest BCUT2D eigenvalue weighted by molar-refractivity contribution is 5.75. The van der Waals surface area contributed by atoms with Crippen LogP contribution in [-0.2, 0) is 9.53 Å². The fraction of sp³-hybridized carbons (Fsp3) is 0.462. The number of nitrogens with two attached hydrogens (primary N) is 1. The molecule has 0 spiro atoms. The lowest BCUT2D eigenvalue weighted by Gasteiger charge is -2.16. The maximum Gasteiger partial charge on any atom is 0.347 e. The van der Waals surface area contributed by atoms with Crippen LogP contribution in [0.2, 0.25) is 0 Å². The van der Waals surface area contributed by atoms with Crippen LogP contribution in [0.25, 0.3) is 0 Å². The number of aryl methyl sites for hydroxylation is 1. The van der Waals surface area contributed by atoms with E-state index in [4.69, 9.17) is 15.2 Å². The van der Waals surface area contributed by atoms with E-state index in [0.717, 1.165) is 5.56 Å². The third-order valence-electron chi connectivity index (χ3n) is 2.44. The predicted molar refractivity (Wildman–Crippen MR) is 66.9 cm³/mol. The van der Waals surface area contributed by atoms with Crippen molar-refractivity contribution in [1.29, 1.82) is 0 Å². The highest BCUT2D eigenvalue weighted by atomic mass is 16.6. The SMILES string of the molecule is CCOC(=O)C(CC)Oc1ccc(N)c(C)c1. The van der Waals surface area contributed by atoms with Gasteiger partial charge in [0.05, 0.1) is 6.61 Å². The van der Waals surface area contributed by atoms with Crippen LogP contribution in [0.4, 0.5) is 5.69 Å². The molecule has 0 aromatic heterocycles. The van der Waals surface area contributed by atoms with Crippen LogP contribution in [0.1, 0.15) is 25.8 Å². The number of ether oxygens (including phenoxy) is 2. The average molecular weight is 237 g/mol. The average Bonchev–Trinajstić information content (AvgIpc) is 2.30. The monoisotopic (exact) mass is 237 g/mol. The number of rotatable bonds is 5. The van der Waals surface area contributed by atoms with Crippen molar-refractivity contribution < 1.29 is 14.3 Å². The molecule has 0 radical (unpaired) electrons. The fourth-order valence-electron chi connectivity index (χ4n) is 1.42. The summed E-state index contributed by atoms with van der Waals surface area (Å²) in [7, 11) is 0. The largest absolute Gasteiger partial charge is 0.479 e. The minimum atomic E-state index is -0.557. The summed E-state index contributed by atoms with van der Waals surface area (Å²) in [4.78, 5) is 11.6. The van der Waals surface area contributed by atoms with E-state index in [9.17, 15) is 4.79 Å². The maximum atomic E-state index is 11.6. The smallest absolute Gasteiger partial charge is 0.347 e. The Labute approximate surface area is 102 Å². The van der Waals surface area contributed by atoms with Crippen LogP contribution in [0, 0.1) is 6.92 Å². The lowest BCUT2D eigenvalue weighted by Crippen LogP contribution is -2.28. The van der Waals surface area contributed by atoms with Crippen molar-refractivity contribution in [2.24, 2.45) is 0 Å². The lowest BCUT2D eigenvalue weighted by atomic mass is 10.2. The van der Waals surface area contributed by atoms with Crippen molar-refractivity contribution in [1.82, 2.24) is 0 Å². The summed E-state index contributed by atoms with van der Waals surface area (Å²) in [6.07, 6.45) is 0.0143. The predicted octanol–water partition coefficient (Wildman–Crippen LogP) is 2.30. The van der Waals surface area contributed by atoms with Gasteiger partial charge in [0.1, 0.15) is 5.75 Å². The van der Waals surface area contributed by atoms with Gasteiger partial charge in [0.2, 0.25) is 0 Å². The summed E-state index contributed by atoms with van der Waals surface area (Å²) in [6, 6.07) is 5.34. The molecule has 0 saturated carbocycles. The zero-order valence-electron chi connectivity index (χ0n) is 10.5. The van der Waals surface area contributed by atoms with Gasteiger partial charge in [-0.05, 0) is 44.0 Å². The Bertz CT molecular complexity index is 390. The molecule has 4 heteroatoms. The maximum absolute atomic E-state index is 11.6. The lowest BCUT2D eigenvalue weighted by molar-refractivity contribution is -0.151. The highest BCUT2D eigenvalue weighted by Gasteiger charge is 2.19. The van der Waals surface area contributed by atoms with Gasteiger partial charge >= 0.3 is 5.97 Å². The molecule has 94 valence electrons. The standard InChI is InChI=1S/C13H19NO3/c1-4-12(13(15)16-5-2)17-10-6-7-11(14)9(3)8-10/h6-8,12H,4-5,14H2,1-3H3. The van der Waals surface area contributed by atoms with Crippen molar-refractivity contribution in [2.75, 3.05) is 12.3 Å². The Morgan fingerprint density at radius 2 is 2.12 bits per heavy atom. The van der Waals surface area contributed by atoms with Crippen LogP contribution in [-0.4, -0.2) is 18.7 Å². The number of carbonyl (C=O) groups excluding carboxylic acids is 1. The summed E-state index contributed by atoms with van der Waals surface area (Å²) in [6.45, 7) is 5.91. The Morgan fingerprint density at radius 3 is 2.65 bits per heavy atom. The zero-order chi connectivity index (χ0) is 12.8. The second-order valence-electron chi connectivity index (χ2n) is 3.79. The molecule has 1 aromatic carbocycles. The molecule has 0 bridgehead atoms. The first-order chi connectivity index (χ1) is 8.08. The molecule has 2 N–H and O–H groups in total. The third-order valence-corrected chi connectivity index (χ3v) is 2.44. The Hall–Kier alpha value is -1.71. The van der Waals surface area contributed by atoms with E-state index < -0.39 is 6.10 Å².